The Morgan fingerprint density at radius 3 is 2.00 bits per heavy atom. The van der Waals surface area contributed by atoms with Crippen LogP contribution in [0.25, 0.3) is 26.2 Å². The monoisotopic (exact) mass is 420 g/mol. The van der Waals surface area contributed by atoms with Crippen LogP contribution >= 0.6 is 11.3 Å². The zero-order valence-electron chi connectivity index (χ0n) is 16.6. The molecule has 0 unspecified atom stereocenters. The van der Waals surface area contributed by atoms with Crippen LogP contribution in [0.1, 0.15) is 0 Å². The van der Waals surface area contributed by atoms with Gasteiger partial charge < -0.3 is 0 Å². The number of hydrogen-bond donors (Lipinski definition) is 0. The Labute approximate surface area is 180 Å². The fourth-order valence-electron chi connectivity index (χ4n) is 4.54. The molecule has 0 saturated heterocycles. The highest BCUT2D eigenvalue weighted by Crippen LogP contribution is 2.30. The van der Waals surface area contributed by atoms with Gasteiger partial charge in [0.25, 0.3) is 0 Å². The van der Waals surface area contributed by atoms with Crippen LogP contribution < -0.4 is 15.6 Å². The molecular weight excluding hydrogens is 400 g/mol. The molecule has 0 atom stereocenters. The second-order valence-electron chi connectivity index (χ2n) is 7.86. The minimum absolute atomic E-state index is 1.06. The Morgan fingerprint density at radius 1 is 0.667 bits per heavy atom. The molecule has 6 aromatic rings. The highest BCUT2D eigenvalue weighted by Gasteiger charge is 2.34. The third kappa shape index (κ3) is 2.51. The fourth-order valence-corrected chi connectivity index (χ4v) is 9.12. The molecule has 2 aromatic heterocycles. The smallest absolute Gasteiger partial charge is 0.195 e. The molecule has 144 valence electrons. The van der Waals surface area contributed by atoms with Crippen LogP contribution in [0, 0.1) is 0 Å². The van der Waals surface area contributed by atoms with Crippen molar-refractivity contribution in [3.63, 3.8) is 0 Å². The van der Waals surface area contributed by atoms with Crippen LogP contribution in [0.3, 0.4) is 0 Å². The molecule has 0 fully saturated rings. The average molecular weight is 421 g/mol. The van der Waals surface area contributed by atoms with Gasteiger partial charge in [-0.1, -0.05) is 96.7 Å². The number of benzene rings is 4. The first-order valence-electron chi connectivity index (χ1n) is 10.2. The molecule has 0 aliphatic carbocycles. The SMILES string of the molecule is C[Si](c1ccccc1)(c1ccccc1)c1ccc2sc3nc4ccccc4n3c2c1. The third-order valence-electron chi connectivity index (χ3n) is 6.21. The summed E-state index contributed by atoms with van der Waals surface area (Å²) >= 11 is 1.77. The van der Waals surface area contributed by atoms with E-state index in [4.69, 9.17) is 4.98 Å². The highest BCUT2D eigenvalue weighted by atomic mass is 32.1. The maximum Gasteiger partial charge on any atom is 0.195 e. The summed E-state index contributed by atoms with van der Waals surface area (Å²) in [6.45, 7) is 2.47. The lowest BCUT2D eigenvalue weighted by molar-refractivity contribution is 1.35. The zero-order valence-corrected chi connectivity index (χ0v) is 18.4. The van der Waals surface area contributed by atoms with Gasteiger partial charge in [0.05, 0.1) is 21.3 Å². The van der Waals surface area contributed by atoms with Crippen molar-refractivity contribution in [1.82, 2.24) is 9.38 Å². The summed E-state index contributed by atoms with van der Waals surface area (Å²) in [7, 11) is -2.13. The van der Waals surface area contributed by atoms with Gasteiger partial charge in [0.2, 0.25) is 0 Å². The topological polar surface area (TPSA) is 17.3 Å². The standard InChI is InChI=1S/C26H20N2SSi/c1-30(19-10-4-2-5-11-19,20-12-6-3-7-13-20)21-16-17-25-24(18-21)28-23-15-9-8-14-22(23)27-26(28)29-25/h2-18H,1H3. The van der Waals surface area contributed by atoms with Crippen LogP contribution in [0.15, 0.2) is 103 Å². The number of hydrogen-bond acceptors (Lipinski definition) is 2. The van der Waals surface area contributed by atoms with Crippen LogP contribution in [0.2, 0.25) is 6.55 Å². The lowest BCUT2D eigenvalue weighted by atomic mass is 10.3. The van der Waals surface area contributed by atoms with Crippen molar-refractivity contribution >= 4 is 61.2 Å². The third-order valence-corrected chi connectivity index (χ3v) is 11.7. The largest absolute Gasteiger partial charge is 0.283 e. The van der Waals surface area contributed by atoms with Gasteiger partial charge in [-0.15, -0.1) is 0 Å². The van der Waals surface area contributed by atoms with Gasteiger partial charge in [-0.25, -0.2) is 4.98 Å². The summed E-state index contributed by atoms with van der Waals surface area (Å²) < 4.78 is 3.60. The number of para-hydroxylation sites is 2. The molecular formula is C26H20N2SSi. The predicted octanol–water partition coefficient (Wildman–Crippen LogP) is 4.80. The van der Waals surface area contributed by atoms with E-state index in [0.29, 0.717) is 0 Å². The lowest BCUT2D eigenvalue weighted by Gasteiger charge is -2.29. The van der Waals surface area contributed by atoms with Crippen LogP contribution in [0.4, 0.5) is 0 Å². The molecule has 2 nitrogen and oxygen atoms in total. The van der Waals surface area contributed by atoms with E-state index in [1.807, 2.05) is 0 Å². The van der Waals surface area contributed by atoms with Crippen molar-refractivity contribution in [2.45, 2.75) is 6.55 Å². The van der Waals surface area contributed by atoms with E-state index >= 15 is 0 Å². The van der Waals surface area contributed by atoms with Gasteiger partial charge in [-0.2, -0.15) is 0 Å². The fraction of sp³-hybridized carbons (Fsp3) is 0.0385. The Bertz CT molecular complexity index is 1460. The first-order valence-corrected chi connectivity index (χ1v) is 13.5. The highest BCUT2D eigenvalue weighted by molar-refractivity contribution is 7.23. The Balaban J connectivity index is 1.67. The van der Waals surface area contributed by atoms with E-state index in [-0.39, 0.29) is 0 Å². The minimum Gasteiger partial charge on any atom is -0.283 e. The Kier molecular flexibility index (Phi) is 3.91. The first kappa shape index (κ1) is 17.6. The van der Waals surface area contributed by atoms with E-state index in [9.17, 15) is 0 Å². The Morgan fingerprint density at radius 2 is 1.30 bits per heavy atom. The summed E-state index contributed by atoms with van der Waals surface area (Å²) in [5.41, 5.74) is 3.49. The summed E-state index contributed by atoms with van der Waals surface area (Å²) in [6.07, 6.45) is 0. The van der Waals surface area contributed by atoms with Crippen molar-refractivity contribution in [3.8, 4) is 0 Å². The molecule has 30 heavy (non-hydrogen) atoms. The number of aromatic nitrogens is 2. The predicted molar refractivity (Wildman–Crippen MR) is 131 cm³/mol. The van der Waals surface area contributed by atoms with Gasteiger partial charge in [0.1, 0.15) is 8.07 Å². The van der Waals surface area contributed by atoms with E-state index < -0.39 is 8.07 Å². The molecule has 0 spiro atoms. The maximum absolute atomic E-state index is 4.85. The van der Waals surface area contributed by atoms with Crippen molar-refractivity contribution in [1.29, 1.82) is 0 Å². The van der Waals surface area contributed by atoms with Crippen LogP contribution in [0.5, 0.6) is 0 Å². The van der Waals surface area contributed by atoms with Crippen molar-refractivity contribution in [2.24, 2.45) is 0 Å². The van der Waals surface area contributed by atoms with E-state index in [1.54, 1.807) is 11.3 Å². The van der Waals surface area contributed by atoms with Crippen molar-refractivity contribution in [2.75, 3.05) is 0 Å². The number of imidazole rings is 1. The molecule has 0 aliphatic heterocycles. The quantitative estimate of drug-likeness (QED) is 0.297. The van der Waals surface area contributed by atoms with Crippen molar-refractivity contribution in [3.05, 3.63) is 103 Å². The Hall–Kier alpha value is -3.21. The van der Waals surface area contributed by atoms with Gasteiger partial charge in [-0.05, 0) is 39.8 Å². The van der Waals surface area contributed by atoms with Gasteiger partial charge in [0.15, 0.2) is 4.96 Å². The average Bonchev–Trinajstić information content (AvgIpc) is 3.35. The van der Waals surface area contributed by atoms with Gasteiger partial charge in [-0.3, -0.25) is 4.40 Å². The molecule has 2 heterocycles. The first-order chi connectivity index (χ1) is 14.7. The summed E-state index contributed by atoms with van der Waals surface area (Å²) in [5, 5.41) is 4.28. The number of nitrogens with zero attached hydrogens (tertiary/aromatic N) is 2. The zero-order chi connectivity index (χ0) is 20.1. The molecule has 0 aliphatic rings. The molecule has 0 amide bonds. The van der Waals surface area contributed by atoms with E-state index in [1.165, 1.54) is 31.3 Å². The number of thiazole rings is 1. The summed E-state index contributed by atoms with van der Waals surface area (Å²) in [4.78, 5) is 5.91. The van der Waals surface area contributed by atoms with Gasteiger partial charge >= 0.3 is 0 Å². The number of fused-ring (bicyclic) bond motifs is 5. The normalized spacial score (nSPS) is 12.2. The molecule has 0 N–H and O–H groups in total. The molecule has 4 aromatic carbocycles. The molecule has 0 radical (unpaired) electrons. The van der Waals surface area contributed by atoms with E-state index in [0.717, 1.165) is 10.5 Å². The molecule has 0 bridgehead atoms. The molecule has 0 saturated carbocycles. The molecule has 6 rings (SSSR count). The van der Waals surface area contributed by atoms with Crippen LogP contribution in [-0.4, -0.2) is 17.5 Å². The van der Waals surface area contributed by atoms with Crippen molar-refractivity contribution < 1.29 is 0 Å². The maximum atomic E-state index is 4.85. The van der Waals surface area contributed by atoms with E-state index in [2.05, 4.69) is 114 Å². The lowest BCUT2D eigenvalue weighted by Crippen LogP contribution is -2.64. The minimum atomic E-state index is -2.13. The summed E-state index contributed by atoms with van der Waals surface area (Å²) in [5.74, 6) is 0. The molecule has 4 heteroatoms. The van der Waals surface area contributed by atoms with Gasteiger partial charge in [0, 0.05) is 0 Å². The second-order valence-corrected chi connectivity index (χ2v) is 12.9. The number of rotatable bonds is 3. The van der Waals surface area contributed by atoms with Crippen LogP contribution in [-0.2, 0) is 0 Å². The summed E-state index contributed by atoms with van der Waals surface area (Å²) in [6, 6.07) is 37.5. The second kappa shape index (κ2) is 6.66.